The van der Waals surface area contributed by atoms with E-state index >= 15 is 0 Å². The van der Waals surface area contributed by atoms with Crippen LogP contribution in [0.2, 0.25) is 0 Å². The molecule has 3 unspecified atom stereocenters. The Hall–Kier alpha value is -0.120. The number of aliphatic hydroxyl groups excluding tert-OH is 1. The van der Waals surface area contributed by atoms with Crippen molar-refractivity contribution in [1.82, 2.24) is 4.90 Å². The molecule has 0 aromatic rings. The molecule has 0 radical (unpaired) electrons. The second kappa shape index (κ2) is 5.69. The second-order valence-electron chi connectivity index (χ2n) is 4.49. The van der Waals surface area contributed by atoms with E-state index in [2.05, 4.69) is 25.8 Å². The van der Waals surface area contributed by atoms with Crippen LogP contribution in [0.1, 0.15) is 26.7 Å². The number of rotatable bonds is 4. The van der Waals surface area contributed by atoms with Gasteiger partial charge in [-0.05, 0) is 19.4 Å². The molecule has 1 rings (SSSR count). The topological polar surface area (TPSA) is 32.7 Å². The van der Waals surface area contributed by atoms with Gasteiger partial charge in [0.25, 0.3) is 0 Å². The van der Waals surface area contributed by atoms with Gasteiger partial charge in [-0.15, -0.1) is 0 Å². The Morgan fingerprint density at radius 3 is 2.86 bits per heavy atom. The summed E-state index contributed by atoms with van der Waals surface area (Å²) < 4.78 is 5.56. The number of morpholine rings is 1. The van der Waals surface area contributed by atoms with E-state index in [1.54, 1.807) is 0 Å². The zero-order chi connectivity index (χ0) is 10.6. The van der Waals surface area contributed by atoms with Crippen LogP contribution in [0.5, 0.6) is 0 Å². The summed E-state index contributed by atoms with van der Waals surface area (Å²) in [4.78, 5) is 2.22. The molecule has 0 aromatic carbocycles. The summed E-state index contributed by atoms with van der Waals surface area (Å²) in [5.41, 5.74) is 0. The zero-order valence-corrected chi connectivity index (χ0v) is 9.57. The van der Waals surface area contributed by atoms with E-state index in [0.717, 1.165) is 32.5 Å². The lowest BCUT2D eigenvalue weighted by molar-refractivity contribution is -0.0884. The van der Waals surface area contributed by atoms with Gasteiger partial charge in [-0.3, -0.25) is 0 Å². The maximum absolute atomic E-state index is 9.94. The van der Waals surface area contributed by atoms with E-state index in [0.29, 0.717) is 5.92 Å². The minimum Gasteiger partial charge on any atom is -0.390 e. The first-order valence-corrected chi connectivity index (χ1v) is 5.61. The third-order valence-electron chi connectivity index (χ3n) is 3.07. The van der Waals surface area contributed by atoms with Crippen molar-refractivity contribution in [3.63, 3.8) is 0 Å². The first-order valence-electron chi connectivity index (χ1n) is 5.61. The van der Waals surface area contributed by atoms with Gasteiger partial charge >= 0.3 is 0 Å². The van der Waals surface area contributed by atoms with Crippen LogP contribution in [0.25, 0.3) is 0 Å². The van der Waals surface area contributed by atoms with E-state index < -0.39 is 0 Å². The van der Waals surface area contributed by atoms with Crippen molar-refractivity contribution < 1.29 is 9.84 Å². The number of hydrogen-bond acceptors (Lipinski definition) is 3. The molecule has 1 N–H and O–H groups in total. The van der Waals surface area contributed by atoms with E-state index in [4.69, 9.17) is 4.74 Å². The number of hydrogen-bond donors (Lipinski definition) is 1. The maximum atomic E-state index is 9.94. The number of likely N-dealkylation sites (N-methyl/N-ethyl adjacent to an activating group) is 1. The summed E-state index contributed by atoms with van der Waals surface area (Å²) in [5.74, 6) is 0.584. The summed E-state index contributed by atoms with van der Waals surface area (Å²) in [6, 6.07) is 0. The third kappa shape index (κ3) is 3.56. The van der Waals surface area contributed by atoms with Crippen molar-refractivity contribution in [2.45, 2.75) is 38.9 Å². The molecular formula is C11H23NO2. The molecule has 1 saturated heterocycles. The van der Waals surface area contributed by atoms with Crippen LogP contribution >= 0.6 is 0 Å². The molecule has 0 aliphatic carbocycles. The molecule has 0 spiro atoms. The summed E-state index contributed by atoms with van der Waals surface area (Å²) >= 11 is 0. The molecule has 1 aliphatic rings. The van der Waals surface area contributed by atoms with E-state index in [-0.39, 0.29) is 12.2 Å². The van der Waals surface area contributed by atoms with E-state index in [9.17, 15) is 5.11 Å². The van der Waals surface area contributed by atoms with E-state index in [1.807, 2.05) is 0 Å². The van der Waals surface area contributed by atoms with Crippen molar-refractivity contribution in [2.75, 3.05) is 26.7 Å². The largest absolute Gasteiger partial charge is 0.390 e. The molecular weight excluding hydrogens is 178 g/mol. The Morgan fingerprint density at radius 2 is 2.29 bits per heavy atom. The van der Waals surface area contributed by atoms with Crippen LogP contribution in [0.3, 0.4) is 0 Å². The molecule has 0 aromatic heterocycles. The van der Waals surface area contributed by atoms with Crippen molar-refractivity contribution >= 4 is 0 Å². The first kappa shape index (κ1) is 12.0. The third-order valence-corrected chi connectivity index (χ3v) is 3.07. The molecule has 3 heteroatoms. The summed E-state index contributed by atoms with van der Waals surface area (Å²) in [5, 5.41) is 9.94. The van der Waals surface area contributed by atoms with Gasteiger partial charge in [0.1, 0.15) is 0 Å². The molecule has 0 bridgehead atoms. The highest BCUT2D eigenvalue weighted by Crippen LogP contribution is 2.16. The lowest BCUT2D eigenvalue weighted by atomic mass is 9.97. The average molecular weight is 201 g/mol. The average Bonchev–Trinajstić information content (AvgIpc) is 2.17. The van der Waals surface area contributed by atoms with Gasteiger partial charge < -0.3 is 14.7 Å². The van der Waals surface area contributed by atoms with Gasteiger partial charge in [-0.2, -0.15) is 0 Å². The van der Waals surface area contributed by atoms with Crippen LogP contribution in [0, 0.1) is 5.92 Å². The van der Waals surface area contributed by atoms with Gasteiger partial charge in [-0.1, -0.05) is 20.3 Å². The molecule has 0 amide bonds. The van der Waals surface area contributed by atoms with Crippen LogP contribution < -0.4 is 0 Å². The highest BCUT2D eigenvalue weighted by atomic mass is 16.5. The van der Waals surface area contributed by atoms with Gasteiger partial charge in [0.2, 0.25) is 0 Å². The van der Waals surface area contributed by atoms with Crippen LogP contribution in [0.4, 0.5) is 0 Å². The fourth-order valence-corrected chi connectivity index (χ4v) is 1.77. The minimum atomic E-state index is -0.298. The van der Waals surface area contributed by atoms with Crippen molar-refractivity contribution in [2.24, 2.45) is 5.92 Å². The molecule has 14 heavy (non-hydrogen) atoms. The molecule has 1 aliphatic heterocycles. The lowest BCUT2D eigenvalue weighted by Crippen LogP contribution is -2.46. The normalized spacial score (nSPS) is 28.7. The van der Waals surface area contributed by atoms with Crippen molar-refractivity contribution in [3.05, 3.63) is 0 Å². The summed E-state index contributed by atoms with van der Waals surface area (Å²) in [6.07, 6.45) is 1.70. The fourth-order valence-electron chi connectivity index (χ4n) is 1.77. The standard InChI is InChI=1S/C11H23NO2/c1-4-9(2)7-10(13)11-8-12(3)5-6-14-11/h9-11,13H,4-8H2,1-3H3. The monoisotopic (exact) mass is 201 g/mol. The molecule has 1 heterocycles. The van der Waals surface area contributed by atoms with Crippen LogP contribution in [-0.4, -0.2) is 49.0 Å². The number of nitrogens with zero attached hydrogens (tertiary/aromatic N) is 1. The van der Waals surface area contributed by atoms with Crippen LogP contribution in [0.15, 0.2) is 0 Å². The Kier molecular flexibility index (Phi) is 4.85. The summed E-state index contributed by atoms with van der Waals surface area (Å²) in [6.45, 7) is 6.92. The maximum Gasteiger partial charge on any atom is 0.0960 e. The first-order chi connectivity index (χ1) is 6.63. The molecule has 1 fully saturated rings. The predicted molar refractivity (Wildman–Crippen MR) is 57.3 cm³/mol. The highest BCUT2D eigenvalue weighted by molar-refractivity contribution is 4.77. The highest BCUT2D eigenvalue weighted by Gasteiger charge is 2.25. The zero-order valence-electron chi connectivity index (χ0n) is 9.57. The van der Waals surface area contributed by atoms with Gasteiger partial charge in [0, 0.05) is 13.1 Å². The van der Waals surface area contributed by atoms with Gasteiger partial charge in [-0.25, -0.2) is 0 Å². The van der Waals surface area contributed by atoms with E-state index in [1.165, 1.54) is 0 Å². The van der Waals surface area contributed by atoms with Crippen LogP contribution in [-0.2, 0) is 4.74 Å². The molecule has 3 atom stereocenters. The molecule has 3 nitrogen and oxygen atoms in total. The Labute approximate surface area is 87.1 Å². The number of aliphatic hydroxyl groups is 1. The van der Waals surface area contributed by atoms with Crippen molar-refractivity contribution in [1.29, 1.82) is 0 Å². The smallest absolute Gasteiger partial charge is 0.0960 e. The van der Waals surface area contributed by atoms with Gasteiger partial charge in [0.15, 0.2) is 0 Å². The number of ether oxygens (including phenoxy) is 1. The predicted octanol–water partition coefficient (Wildman–Crippen LogP) is 1.11. The SMILES string of the molecule is CCC(C)CC(O)C1CN(C)CCO1. The van der Waals surface area contributed by atoms with Crippen molar-refractivity contribution in [3.8, 4) is 0 Å². The quantitative estimate of drug-likeness (QED) is 0.739. The second-order valence-corrected chi connectivity index (χ2v) is 4.49. The van der Waals surface area contributed by atoms with Gasteiger partial charge in [0.05, 0.1) is 18.8 Å². The molecule has 84 valence electrons. The fraction of sp³-hybridized carbons (Fsp3) is 1.00. The molecule has 0 saturated carbocycles. The Morgan fingerprint density at radius 1 is 1.57 bits per heavy atom. The lowest BCUT2D eigenvalue weighted by Gasteiger charge is -2.33. The Bertz CT molecular complexity index is 163. The minimum absolute atomic E-state index is 0.0164. The Balaban J connectivity index is 2.31. The summed E-state index contributed by atoms with van der Waals surface area (Å²) in [7, 11) is 2.07.